The predicted octanol–water partition coefficient (Wildman–Crippen LogP) is 1.19. The van der Waals surface area contributed by atoms with Gasteiger partial charge in [0.05, 0.1) is 6.33 Å². The summed E-state index contributed by atoms with van der Waals surface area (Å²) in [5.74, 6) is 0. The molecule has 0 radical (unpaired) electrons. The summed E-state index contributed by atoms with van der Waals surface area (Å²) < 4.78 is 0. The Bertz CT molecular complexity index is 97.9. The highest BCUT2D eigenvalue weighted by atomic mass is 16.2. The van der Waals surface area contributed by atoms with E-state index < -0.39 is 0 Å². The van der Waals surface area contributed by atoms with Crippen molar-refractivity contribution in [1.82, 2.24) is 9.97 Å². The van der Waals surface area contributed by atoms with Crippen LogP contribution in [0.1, 0.15) is 19.8 Å². The zero-order valence-corrected chi connectivity index (χ0v) is 6.25. The second kappa shape index (κ2) is 8.17. The van der Waals surface area contributed by atoms with Gasteiger partial charge in [-0.2, -0.15) is 0 Å². The van der Waals surface area contributed by atoms with Gasteiger partial charge < -0.3 is 10.1 Å². The first kappa shape index (κ1) is 9.17. The third-order valence-corrected chi connectivity index (χ3v) is 0.918. The van der Waals surface area contributed by atoms with Crippen molar-refractivity contribution < 1.29 is 5.11 Å². The molecule has 0 amide bonds. The van der Waals surface area contributed by atoms with Gasteiger partial charge in [-0.1, -0.05) is 13.3 Å². The van der Waals surface area contributed by atoms with Crippen LogP contribution in [0.25, 0.3) is 0 Å². The molecule has 2 N–H and O–H groups in total. The number of hydrogen-bond donors (Lipinski definition) is 2. The number of hydrogen-bond acceptors (Lipinski definition) is 2. The Morgan fingerprint density at radius 3 is 2.50 bits per heavy atom. The zero-order chi connectivity index (χ0) is 7.66. The lowest BCUT2D eigenvalue weighted by molar-refractivity contribution is 0.287. The highest BCUT2D eigenvalue weighted by Gasteiger charge is 1.69. The third kappa shape index (κ3) is 7.17. The summed E-state index contributed by atoms with van der Waals surface area (Å²) in [6.45, 7) is 2.40. The highest BCUT2D eigenvalue weighted by molar-refractivity contribution is 4.64. The molecule has 1 heterocycles. The van der Waals surface area contributed by atoms with E-state index in [1.807, 2.05) is 0 Å². The van der Waals surface area contributed by atoms with Crippen LogP contribution in [-0.2, 0) is 0 Å². The molecule has 0 saturated carbocycles. The van der Waals surface area contributed by atoms with Crippen LogP contribution in [0.3, 0.4) is 0 Å². The van der Waals surface area contributed by atoms with E-state index in [2.05, 4.69) is 16.9 Å². The van der Waals surface area contributed by atoms with E-state index in [4.69, 9.17) is 5.11 Å². The lowest BCUT2D eigenvalue weighted by Crippen LogP contribution is -1.75. The molecule has 10 heavy (non-hydrogen) atoms. The average Bonchev–Trinajstić information content (AvgIpc) is 2.44. The summed E-state index contributed by atoms with van der Waals surface area (Å²) in [5.41, 5.74) is 0. The first-order valence-electron chi connectivity index (χ1n) is 3.45. The molecule has 58 valence electrons. The molecule has 0 bridgehead atoms. The van der Waals surface area contributed by atoms with E-state index in [1.165, 1.54) is 0 Å². The summed E-state index contributed by atoms with van der Waals surface area (Å²) in [4.78, 5) is 6.42. The number of nitrogens with one attached hydrogen (secondary N) is 1. The molecule has 0 aliphatic rings. The van der Waals surface area contributed by atoms with E-state index >= 15 is 0 Å². The number of aromatic amines is 1. The Labute approximate surface area is 61.1 Å². The minimum absolute atomic E-state index is 0.344. The van der Waals surface area contributed by atoms with Crippen molar-refractivity contribution >= 4 is 0 Å². The largest absolute Gasteiger partial charge is 0.396 e. The van der Waals surface area contributed by atoms with Gasteiger partial charge >= 0.3 is 0 Å². The van der Waals surface area contributed by atoms with Gasteiger partial charge in [0.15, 0.2) is 0 Å². The molecule has 0 fully saturated rings. The summed E-state index contributed by atoms with van der Waals surface area (Å²) in [5, 5.41) is 8.07. The number of aliphatic hydroxyl groups excluding tert-OH is 1. The molecule has 0 saturated heterocycles. The van der Waals surface area contributed by atoms with Crippen molar-refractivity contribution in [3.63, 3.8) is 0 Å². The molecule has 0 unspecified atom stereocenters. The van der Waals surface area contributed by atoms with Gasteiger partial charge in [-0.3, -0.25) is 0 Å². The quantitative estimate of drug-likeness (QED) is 0.651. The number of rotatable bonds is 2. The average molecular weight is 142 g/mol. The summed E-state index contributed by atoms with van der Waals surface area (Å²) in [6.07, 6.45) is 7.12. The normalized spacial score (nSPS) is 8.20. The van der Waals surface area contributed by atoms with Crippen molar-refractivity contribution in [1.29, 1.82) is 0 Å². The van der Waals surface area contributed by atoms with Gasteiger partial charge in [-0.15, -0.1) is 0 Å². The van der Waals surface area contributed by atoms with E-state index in [0.29, 0.717) is 6.61 Å². The van der Waals surface area contributed by atoms with Crippen molar-refractivity contribution in [2.24, 2.45) is 0 Å². The molecule has 0 spiro atoms. The Morgan fingerprint density at radius 2 is 2.40 bits per heavy atom. The number of imidazole rings is 1. The van der Waals surface area contributed by atoms with Gasteiger partial charge in [0, 0.05) is 19.0 Å². The molecular formula is C7H14N2O. The summed E-state index contributed by atoms with van der Waals surface area (Å²) >= 11 is 0. The maximum absolute atomic E-state index is 8.07. The first-order valence-corrected chi connectivity index (χ1v) is 3.45. The van der Waals surface area contributed by atoms with E-state index in [1.54, 1.807) is 18.7 Å². The second-order valence-electron chi connectivity index (χ2n) is 1.84. The number of aliphatic hydroxyl groups is 1. The monoisotopic (exact) mass is 142 g/mol. The molecule has 0 atom stereocenters. The maximum atomic E-state index is 8.07. The van der Waals surface area contributed by atoms with Crippen LogP contribution in [0.15, 0.2) is 18.7 Å². The van der Waals surface area contributed by atoms with E-state index in [0.717, 1.165) is 12.8 Å². The van der Waals surface area contributed by atoms with E-state index in [9.17, 15) is 0 Å². The number of nitrogens with zero attached hydrogens (tertiary/aromatic N) is 1. The smallest absolute Gasteiger partial charge is 0.0919 e. The lowest BCUT2D eigenvalue weighted by Gasteiger charge is -1.79. The van der Waals surface area contributed by atoms with Crippen LogP contribution in [0.5, 0.6) is 0 Å². The van der Waals surface area contributed by atoms with Gasteiger partial charge in [0.1, 0.15) is 0 Å². The molecule has 0 aliphatic heterocycles. The van der Waals surface area contributed by atoms with Crippen molar-refractivity contribution in [3.8, 4) is 0 Å². The minimum atomic E-state index is 0.344. The van der Waals surface area contributed by atoms with Crippen LogP contribution in [0.2, 0.25) is 0 Å². The van der Waals surface area contributed by atoms with Gasteiger partial charge in [-0.05, 0) is 6.42 Å². The molecule has 3 nitrogen and oxygen atoms in total. The third-order valence-electron chi connectivity index (χ3n) is 0.918. The molecule has 1 aromatic heterocycles. The topological polar surface area (TPSA) is 48.9 Å². The van der Waals surface area contributed by atoms with Crippen molar-refractivity contribution in [3.05, 3.63) is 18.7 Å². The SMILES string of the molecule is CCCCO.c1c[nH]cn1. The van der Waals surface area contributed by atoms with Gasteiger partial charge in [0.25, 0.3) is 0 Å². The van der Waals surface area contributed by atoms with Gasteiger partial charge in [0.2, 0.25) is 0 Å². The first-order chi connectivity index (χ1) is 4.91. The van der Waals surface area contributed by atoms with Crippen molar-refractivity contribution in [2.45, 2.75) is 19.8 Å². The molecule has 1 aromatic rings. The van der Waals surface area contributed by atoms with Crippen molar-refractivity contribution in [2.75, 3.05) is 6.61 Å². The highest BCUT2D eigenvalue weighted by Crippen LogP contribution is 1.78. The Morgan fingerprint density at radius 1 is 1.60 bits per heavy atom. The lowest BCUT2D eigenvalue weighted by atomic mass is 10.4. The fourth-order valence-electron chi connectivity index (χ4n) is 0.373. The Kier molecular flexibility index (Phi) is 7.49. The fraction of sp³-hybridized carbons (Fsp3) is 0.571. The van der Waals surface area contributed by atoms with E-state index in [-0.39, 0.29) is 0 Å². The molecular weight excluding hydrogens is 128 g/mol. The van der Waals surface area contributed by atoms with Crippen LogP contribution >= 0.6 is 0 Å². The van der Waals surface area contributed by atoms with Crippen LogP contribution < -0.4 is 0 Å². The Hall–Kier alpha value is -0.830. The number of unbranched alkanes of at least 4 members (excludes halogenated alkanes) is 1. The molecule has 0 aliphatic carbocycles. The maximum Gasteiger partial charge on any atom is 0.0919 e. The standard InChI is InChI=1S/C4H10O.C3H4N2/c1-2-3-4-5;1-2-5-3-4-1/h5H,2-4H2,1H3;1-3H,(H,4,5). The summed E-state index contributed by atoms with van der Waals surface area (Å²) in [6, 6.07) is 0. The molecule has 1 rings (SSSR count). The molecule has 3 heteroatoms. The number of H-pyrrole nitrogens is 1. The van der Waals surface area contributed by atoms with Crippen LogP contribution in [0, 0.1) is 0 Å². The van der Waals surface area contributed by atoms with Crippen LogP contribution in [-0.4, -0.2) is 21.7 Å². The number of aromatic nitrogens is 2. The predicted molar refractivity (Wildman–Crippen MR) is 40.6 cm³/mol. The fourth-order valence-corrected chi connectivity index (χ4v) is 0.373. The second-order valence-corrected chi connectivity index (χ2v) is 1.84. The minimum Gasteiger partial charge on any atom is -0.396 e. The van der Waals surface area contributed by atoms with Crippen LogP contribution in [0.4, 0.5) is 0 Å². The molecule has 0 aromatic carbocycles. The summed E-state index contributed by atoms with van der Waals surface area (Å²) in [7, 11) is 0. The Balaban J connectivity index is 0.000000162. The zero-order valence-electron chi connectivity index (χ0n) is 6.25. The van der Waals surface area contributed by atoms with Gasteiger partial charge in [-0.25, -0.2) is 4.98 Å².